The van der Waals surface area contributed by atoms with E-state index in [1.165, 1.54) is 23.9 Å². The minimum atomic E-state index is 0.584. The third-order valence-corrected chi connectivity index (χ3v) is 3.89. The first-order valence-electron chi connectivity index (χ1n) is 6.06. The molecule has 0 bridgehead atoms. The Balaban J connectivity index is 1.95. The van der Waals surface area contributed by atoms with Crippen LogP contribution in [0.1, 0.15) is 24.5 Å². The fraction of sp³-hybridized carbons (Fsp3) is 0.462. The Bertz CT molecular complexity index is 526. The van der Waals surface area contributed by atoms with Gasteiger partial charge in [0.15, 0.2) is 0 Å². The Labute approximate surface area is 106 Å². The van der Waals surface area contributed by atoms with Crippen LogP contribution in [0.15, 0.2) is 18.2 Å². The number of aromatic nitrogens is 2. The summed E-state index contributed by atoms with van der Waals surface area (Å²) in [5.74, 6) is 0.584. The predicted octanol–water partition coefficient (Wildman–Crippen LogP) is 3.03. The summed E-state index contributed by atoms with van der Waals surface area (Å²) in [4.78, 5) is 2.38. The van der Waals surface area contributed by atoms with E-state index in [9.17, 15) is 0 Å². The minimum Gasteiger partial charge on any atom is -0.306 e. The highest BCUT2D eigenvalue weighted by Crippen LogP contribution is 2.31. The van der Waals surface area contributed by atoms with E-state index in [4.69, 9.17) is 11.6 Å². The maximum atomic E-state index is 5.98. The molecule has 3 rings (SSSR count). The van der Waals surface area contributed by atoms with Crippen LogP contribution < -0.4 is 0 Å². The zero-order valence-corrected chi connectivity index (χ0v) is 10.7. The first-order valence-corrected chi connectivity index (χ1v) is 6.44. The van der Waals surface area contributed by atoms with E-state index >= 15 is 0 Å². The van der Waals surface area contributed by atoms with Crippen molar-refractivity contribution in [3.63, 3.8) is 0 Å². The largest absolute Gasteiger partial charge is 0.306 e. The molecule has 4 heteroatoms. The minimum absolute atomic E-state index is 0.584. The highest BCUT2D eigenvalue weighted by Gasteiger charge is 2.22. The van der Waals surface area contributed by atoms with Crippen molar-refractivity contribution >= 4 is 22.5 Å². The summed E-state index contributed by atoms with van der Waals surface area (Å²) in [6.45, 7) is 2.32. The van der Waals surface area contributed by atoms with Crippen molar-refractivity contribution in [1.82, 2.24) is 15.1 Å². The topological polar surface area (TPSA) is 31.9 Å². The van der Waals surface area contributed by atoms with Gasteiger partial charge in [-0.1, -0.05) is 11.6 Å². The van der Waals surface area contributed by atoms with Gasteiger partial charge in [-0.05, 0) is 51.2 Å². The Hall–Kier alpha value is -1.06. The van der Waals surface area contributed by atoms with Gasteiger partial charge in [0.1, 0.15) is 0 Å². The van der Waals surface area contributed by atoms with Crippen LogP contribution in [-0.2, 0) is 0 Å². The molecule has 0 saturated carbocycles. The van der Waals surface area contributed by atoms with Crippen LogP contribution in [0.4, 0.5) is 0 Å². The number of likely N-dealkylation sites (tertiary alicyclic amines) is 1. The second-order valence-corrected chi connectivity index (χ2v) is 5.31. The number of H-pyrrole nitrogens is 1. The second-order valence-electron chi connectivity index (χ2n) is 4.88. The SMILES string of the molecule is CN1CCC(c2n[nH]c3cc(Cl)ccc23)CC1. The van der Waals surface area contributed by atoms with Crippen LogP contribution in [0.3, 0.4) is 0 Å². The van der Waals surface area contributed by atoms with E-state index in [1.807, 2.05) is 12.1 Å². The average molecular weight is 250 g/mol. The molecule has 0 amide bonds. The molecule has 0 aliphatic carbocycles. The number of rotatable bonds is 1. The standard InChI is InChI=1S/C13H16ClN3/c1-17-6-4-9(5-7-17)13-11-3-2-10(14)8-12(11)15-16-13/h2-3,8-9H,4-7H2,1H3,(H,15,16). The van der Waals surface area contributed by atoms with Gasteiger partial charge < -0.3 is 4.90 Å². The summed E-state index contributed by atoms with van der Waals surface area (Å²) in [7, 11) is 2.18. The number of benzene rings is 1. The zero-order valence-electron chi connectivity index (χ0n) is 9.91. The molecule has 2 aromatic rings. The molecule has 1 N–H and O–H groups in total. The lowest BCUT2D eigenvalue weighted by atomic mass is 9.92. The van der Waals surface area contributed by atoms with Crippen molar-refractivity contribution in [2.75, 3.05) is 20.1 Å². The number of hydrogen-bond acceptors (Lipinski definition) is 2. The van der Waals surface area contributed by atoms with Crippen molar-refractivity contribution < 1.29 is 0 Å². The Morgan fingerprint density at radius 1 is 1.35 bits per heavy atom. The van der Waals surface area contributed by atoms with Gasteiger partial charge in [0, 0.05) is 16.3 Å². The van der Waals surface area contributed by atoms with Gasteiger partial charge >= 0.3 is 0 Å². The number of halogens is 1. The summed E-state index contributed by atoms with van der Waals surface area (Å²) in [6, 6.07) is 5.97. The average Bonchev–Trinajstić information content (AvgIpc) is 2.73. The molecule has 90 valence electrons. The summed E-state index contributed by atoms with van der Waals surface area (Å²) >= 11 is 5.98. The number of piperidine rings is 1. The quantitative estimate of drug-likeness (QED) is 0.843. The molecule has 0 atom stereocenters. The van der Waals surface area contributed by atoms with Crippen LogP contribution in [0.5, 0.6) is 0 Å². The van der Waals surface area contributed by atoms with Gasteiger partial charge in [0.05, 0.1) is 11.2 Å². The van der Waals surface area contributed by atoms with Gasteiger partial charge in [-0.25, -0.2) is 0 Å². The normalized spacial score (nSPS) is 18.9. The Kier molecular flexibility index (Phi) is 2.81. The zero-order chi connectivity index (χ0) is 11.8. The molecular weight excluding hydrogens is 234 g/mol. The molecular formula is C13H16ClN3. The van der Waals surface area contributed by atoms with E-state index in [2.05, 4.69) is 28.2 Å². The van der Waals surface area contributed by atoms with E-state index in [0.29, 0.717) is 5.92 Å². The van der Waals surface area contributed by atoms with Crippen LogP contribution in [0, 0.1) is 0 Å². The summed E-state index contributed by atoms with van der Waals surface area (Å²) in [5, 5.41) is 9.56. The van der Waals surface area contributed by atoms with Crippen molar-refractivity contribution in [2.45, 2.75) is 18.8 Å². The third kappa shape index (κ3) is 2.05. The van der Waals surface area contributed by atoms with Crippen molar-refractivity contribution in [1.29, 1.82) is 0 Å². The van der Waals surface area contributed by atoms with Crippen LogP contribution in [0.2, 0.25) is 5.02 Å². The van der Waals surface area contributed by atoms with E-state index in [1.54, 1.807) is 0 Å². The fourth-order valence-corrected chi connectivity index (χ4v) is 2.78. The molecule has 1 aromatic carbocycles. The van der Waals surface area contributed by atoms with Crippen LogP contribution in [-0.4, -0.2) is 35.2 Å². The van der Waals surface area contributed by atoms with Gasteiger partial charge in [-0.15, -0.1) is 0 Å². The maximum Gasteiger partial charge on any atom is 0.0732 e. The molecule has 1 aromatic heterocycles. The molecule has 1 aliphatic heterocycles. The molecule has 2 heterocycles. The lowest BCUT2D eigenvalue weighted by molar-refractivity contribution is 0.254. The number of fused-ring (bicyclic) bond motifs is 1. The lowest BCUT2D eigenvalue weighted by Crippen LogP contribution is -2.29. The van der Waals surface area contributed by atoms with Gasteiger partial charge in [-0.3, -0.25) is 5.10 Å². The number of aromatic amines is 1. The molecule has 0 radical (unpaired) electrons. The smallest absolute Gasteiger partial charge is 0.0732 e. The number of nitrogens with one attached hydrogen (secondary N) is 1. The fourth-order valence-electron chi connectivity index (χ4n) is 2.61. The Morgan fingerprint density at radius 3 is 2.88 bits per heavy atom. The maximum absolute atomic E-state index is 5.98. The summed E-state index contributed by atoms with van der Waals surface area (Å²) < 4.78 is 0. The highest BCUT2D eigenvalue weighted by atomic mass is 35.5. The van der Waals surface area contributed by atoms with Crippen molar-refractivity contribution in [3.05, 3.63) is 28.9 Å². The second kappa shape index (κ2) is 4.31. The third-order valence-electron chi connectivity index (χ3n) is 3.66. The van der Waals surface area contributed by atoms with Crippen molar-refractivity contribution in [3.8, 4) is 0 Å². The molecule has 3 nitrogen and oxygen atoms in total. The number of hydrogen-bond donors (Lipinski definition) is 1. The van der Waals surface area contributed by atoms with Gasteiger partial charge in [-0.2, -0.15) is 5.10 Å². The first kappa shape index (κ1) is 11.1. The Morgan fingerprint density at radius 2 is 2.12 bits per heavy atom. The predicted molar refractivity (Wildman–Crippen MR) is 70.6 cm³/mol. The molecule has 1 fully saturated rings. The molecule has 0 spiro atoms. The lowest BCUT2D eigenvalue weighted by Gasteiger charge is -2.27. The highest BCUT2D eigenvalue weighted by molar-refractivity contribution is 6.31. The van der Waals surface area contributed by atoms with E-state index in [-0.39, 0.29) is 0 Å². The van der Waals surface area contributed by atoms with Crippen LogP contribution >= 0.6 is 11.6 Å². The monoisotopic (exact) mass is 249 g/mol. The number of nitrogens with zero attached hydrogens (tertiary/aromatic N) is 2. The molecule has 1 aliphatic rings. The van der Waals surface area contributed by atoms with E-state index < -0.39 is 0 Å². The molecule has 1 saturated heterocycles. The molecule has 0 unspecified atom stereocenters. The van der Waals surface area contributed by atoms with E-state index in [0.717, 1.165) is 23.6 Å². The van der Waals surface area contributed by atoms with Gasteiger partial charge in [0.2, 0.25) is 0 Å². The van der Waals surface area contributed by atoms with Crippen molar-refractivity contribution in [2.24, 2.45) is 0 Å². The summed E-state index contributed by atoms with van der Waals surface area (Å²) in [6.07, 6.45) is 2.39. The first-order chi connectivity index (χ1) is 8.24. The van der Waals surface area contributed by atoms with Gasteiger partial charge in [0.25, 0.3) is 0 Å². The molecule has 17 heavy (non-hydrogen) atoms. The summed E-state index contributed by atoms with van der Waals surface area (Å²) in [5.41, 5.74) is 2.26. The van der Waals surface area contributed by atoms with Crippen LogP contribution in [0.25, 0.3) is 10.9 Å².